The van der Waals surface area contributed by atoms with Crippen LogP contribution in [0.1, 0.15) is 41.3 Å². The quantitative estimate of drug-likeness (QED) is 0.565. The molecule has 0 radical (unpaired) electrons. The van der Waals surface area contributed by atoms with E-state index in [0.717, 1.165) is 22.3 Å². The highest BCUT2D eigenvalue weighted by atomic mass is 16.5. The molecular formula is C26H26N4O5. The number of fused-ring (bicyclic) bond motifs is 4. The second-order valence-corrected chi connectivity index (χ2v) is 8.95. The average Bonchev–Trinajstić information content (AvgIpc) is 3.54. The molecule has 0 saturated carbocycles. The van der Waals surface area contributed by atoms with E-state index in [1.54, 1.807) is 13.8 Å². The molecule has 5 rings (SSSR count). The van der Waals surface area contributed by atoms with E-state index in [-0.39, 0.29) is 29.8 Å². The maximum Gasteiger partial charge on any atom is 0.407 e. The van der Waals surface area contributed by atoms with Gasteiger partial charge in [-0.05, 0) is 29.2 Å². The summed E-state index contributed by atoms with van der Waals surface area (Å²) in [6.45, 7) is 4.38. The van der Waals surface area contributed by atoms with E-state index in [9.17, 15) is 19.5 Å². The van der Waals surface area contributed by atoms with E-state index >= 15 is 0 Å². The molecule has 9 heteroatoms. The minimum Gasteiger partial charge on any atom is -0.477 e. The van der Waals surface area contributed by atoms with Crippen LogP contribution in [0.15, 0.2) is 54.7 Å². The summed E-state index contributed by atoms with van der Waals surface area (Å²) in [5, 5.41) is 16.2. The van der Waals surface area contributed by atoms with Gasteiger partial charge in [0.1, 0.15) is 18.0 Å². The van der Waals surface area contributed by atoms with Crippen LogP contribution < -0.4 is 10.2 Å². The highest BCUT2D eigenvalue weighted by molar-refractivity contribution is 6.02. The number of alkyl carbamates (subject to hydrolysis) is 1. The molecule has 0 saturated heterocycles. The van der Waals surface area contributed by atoms with Crippen LogP contribution in [0.25, 0.3) is 11.1 Å². The number of rotatable bonds is 6. The van der Waals surface area contributed by atoms with Crippen LogP contribution in [0.4, 0.5) is 10.6 Å². The Kier molecular flexibility index (Phi) is 5.76. The molecule has 2 heterocycles. The Hall–Kier alpha value is -4.14. The van der Waals surface area contributed by atoms with Crippen LogP contribution in [0.5, 0.6) is 0 Å². The molecule has 0 fully saturated rings. The molecule has 3 aromatic rings. The van der Waals surface area contributed by atoms with Gasteiger partial charge in [0.05, 0.1) is 18.7 Å². The fourth-order valence-corrected chi connectivity index (χ4v) is 4.90. The first-order chi connectivity index (χ1) is 16.9. The Balaban J connectivity index is 1.22. The number of aromatic carboxylic acids is 1. The molecule has 1 aliphatic carbocycles. The zero-order valence-electron chi connectivity index (χ0n) is 19.5. The van der Waals surface area contributed by atoms with Crippen molar-refractivity contribution in [2.45, 2.75) is 32.4 Å². The number of nitrogens with zero attached hydrogens (tertiary/aromatic N) is 3. The minimum absolute atomic E-state index is 0.0137. The van der Waals surface area contributed by atoms with Crippen LogP contribution >= 0.6 is 0 Å². The molecule has 2 amide bonds. The number of ether oxygens (including phenoxy) is 1. The molecule has 180 valence electrons. The van der Waals surface area contributed by atoms with E-state index < -0.39 is 24.0 Å². The van der Waals surface area contributed by atoms with Gasteiger partial charge in [-0.2, -0.15) is 5.10 Å². The Morgan fingerprint density at radius 3 is 2.31 bits per heavy atom. The molecule has 0 spiro atoms. The lowest BCUT2D eigenvalue weighted by Gasteiger charge is -2.25. The predicted octanol–water partition coefficient (Wildman–Crippen LogP) is 3.49. The van der Waals surface area contributed by atoms with Crippen molar-refractivity contribution in [2.75, 3.05) is 18.1 Å². The lowest BCUT2D eigenvalue weighted by molar-refractivity contribution is -0.122. The summed E-state index contributed by atoms with van der Waals surface area (Å²) < 4.78 is 7.10. The SMILES string of the molecule is CC(NC(=O)OCC1c2ccccc2-c2ccccc21)C(C)C(=O)N1CCn2ncc(C(=O)O)c21. The molecule has 1 aromatic heterocycles. The van der Waals surface area contributed by atoms with Gasteiger partial charge >= 0.3 is 12.1 Å². The van der Waals surface area contributed by atoms with Crippen molar-refractivity contribution < 1.29 is 24.2 Å². The first-order valence-electron chi connectivity index (χ1n) is 11.6. The first kappa shape index (κ1) is 22.6. The van der Waals surface area contributed by atoms with Crippen LogP contribution in [0.3, 0.4) is 0 Å². The third kappa shape index (κ3) is 3.92. The van der Waals surface area contributed by atoms with E-state index in [1.165, 1.54) is 15.8 Å². The Labute approximate surface area is 202 Å². The van der Waals surface area contributed by atoms with E-state index in [0.29, 0.717) is 13.1 Å². The lowest BCUT2D eigenvalue weighted by atomic mass is 9.98. The van der Waals surface area contributed by atoms with Gasteiger partial charge < -0.3 is 15.2 Å². The summed E-state index contributed by atoms with van der Waals surface area (Å²) in [6.07, 6.45) is 0.650. The summed E-state index contributed by atoms with van der Waals surface area (Å²) in [7, 11) is 0. The fourth-order valence-electron chi connectivity index (χ4n) is 4.90. The number of carboxylic acids is 1. The van der Waals surface area contributed by atoms with Crippen LogP contribution in [-0.4, -0.2) is 52.1 Å². The van der Waals surface area contributed by atoms with Crippen molar-refractivity contribution in [3.63, 3.8) is 0 Å². The monoisotopic (exact) mass is 474 g/mol. The molecule has 2 aliphatic rings. The summed E-state index contributed by atoms with van der Waals surface area (Å²) in [5.74, 6) is -1.79. The van der Waals surface area contributed by atoms with Crippen molar-refractivity contribution in [1.82, 2.24) is 15.1 Å². The van der Waals surface area contributed by atoms with Crippen molar-refractivity contribution in [3.8, 4) is 11.1 Å². The topological polar surface area (TPSA) is 114 Å². The third-order valence-electron chi connectivity index (χ3n) is 6.93. The number of anilines is 1. The molecule has 0 bridgehead atoms. The number of hydrogen-bond donors (Lipinski definition) is 2. The Bertz CT molecular complexity index is 1270. The molecule has 2 atom stereocenters. The average molecular weight is 475 g/mol. The number of benzene rings is 2. The predicted molar refractivity (Wildman–Crippen MR) is 128 cm³/mol. The number of amides is 2. The van der Waals surface area contributed by atoms with Gasteiger partial charge in [0.15, 0.2) is 0 Å². The Morgan fingerprint density at radius 1 is 1.06 bits per heavy atom. The van der Waals surface area contributed by atoms with Crippen molar-refractivity contribution in [1.29, 1.82) is 0 Å². The minimum atomic E-state index is -1.14. The van der Waals surface area contributed by atoms with Crippen LogP contribution in [0, 0.1) is 5.92 Å². The Morgan fingerprint density at radius 2 is 1.69 bits per heavy atom. The highest BCUT2D eigenvalue weighted by Gasteiger charge is 2.36. The summed E-state index contributed by atoms with van der Waals surface area (Å²) in [4.78, 5) is 38.7. The smallest absolute Gasteiger partial charge is 0.407 e. The van der Waals surface area contributed by atoms with Crippen molar-refractivity contribution in [2.24, 2.45) is 5.92 Å². The first-order valence-corrected chi connectivity index (χ1v) is 11.6. The maximum absolute atomic E-state index is 13.1. The summed E-state index contributed by atoms with van der Waals surface area (Å²) >= 11 is 0. The summed E-state index contributed by atoms with van der Waals surface area (Å²) in [5.41, 5.74) is 4.53. The zero-order chi connectivity index (χ0) is 24.7. The maximum atomic E-state index is 13.1. The lowest BCUT2D eigenvalue weighted by Crippen LogP contribution is -2.45. The molecule has 35 heavy (non-hydrogen) atoms. The second kappa shape index (κ2) is 8.90. The van der Waals surface area contributed by atoms with Gasteiger partial charge in [0.25, 0.3) is 0 Å². The molecule has 2 N–H and O–H groups in total. The molecule has 9 nitrogen and oxygen atoms in total. The van der Waals surface area contributed by atoms with Crippen LogP contribution in [0.2, 0.25) is 0 Å². The van der Waals surface area contributed by atoms with Gasteiger partial charge in [-0.25, -0.2) is 14.3 Å². The molecular weight excluding hydrogens is 448 g/mol. The van der Waals surface area contributed by atoms with E-state index in [1.807, 2.05) is 24.3 Å². The van der Waals surface area contributed by atoms with Crippen molar-refractivity contribution in [3.05, 3.63) is 71.4 Å². The number of carbonyl (C=O) groups excluding carboxylic acids is 2. The van der Waals surface area contributed by atoms with Gasteiger partial charge in [0.2, 0.25) is 5.91 Å². The second-order valence-electron chi connectivity index (χ2n) is 8.95. The largest absolute Gasteiger partial charge is 0.477 e. The van der Waals surface area contributed by atoms with Crippen LogP contribution in [-0.2, 0) is 16.1 Å². The molecule has 2 aromatic carbocycles. The zero-order valence-corrected chi connectivity index (χ0v) is 19.5. The number of hydrogen-bond acceptors (Lipinski definition) is 5. The highest BCUT2D eigenvalue weighted by Crippen LogP contribution is 2.44. The van der Waals surface area contributed by atoms with E-state index in [2.05, 4.69) is 34.7 Å². The number of aromatic nitrogens is 2. The van der Waals surface area contributed by atoms with Gasteiger partial charge in [-0.15, -0.1) is 0 Å². The fraction of sp³-hybridized carbons (Fsp3) is 0.308. The number of carboxylic acid groups (broad SMARTS) is 1. The van der Waals surface area contributed by atoms with Gasteiger partial charge in [0, 0.05) is 18.5 Å². The van der Waals surface area contributed by atoms with E-state index in [4.69, 9.17) is 4.74 Å². The number of nitrogens with one attached hydrogen (secondary N) is 1. The van der Waals surface area contributed by atoms with Crippen molar-refractivity contribution >= 4 is 23.8 Å². The molecule has 2 unspecified atom stereocenters. The van der Waals surface area contributed by atoms with Gasteiger partial charge in [-0.1, -0.05) is 55.5 Å². The normalized spacial score (nSPS) is 15.7. The standard InChI is InChI=1S/C26H26N4O5/c1-15(24(31)29-11-12-30-23(29)21(13-27-30)25(32)33)16(2)28-26(34)35-14-22-19-9-5-3-7-17(19)18-8-4-6-10-20(18)22/h3-10,13,15-16,22H,11-12,14H2,1-2H3,(H,28,34)(H,32,33). The number of carbonyl (C=O) groups is 3. The molecule has 1 aliphatic heterocycles. The summed E-state index contributed by atoms with van der Waals surface area (Å²) in [6, 6.07) is 15.7. The third-order valence-corrected chi connectivity index (χ3v) is 6.93. The van der Waals surface area contributed by atoms with Gasteiger partial charge in [-0.3, -0.25) is 9.69 Å².